The monoisotopic (exact) mass is 323 g/mol. The van der Waals surface area contributed by atoms with Crippen molar-refractivity contribution in [2.75, 3.05) is 0 Å². The Labute approximate surface area is 117 Å². The zero-order chi connectivity index (χ0) is 15.7. The highest BCUT2D eigenvalue weighted by Crippen LogP contribution is 2.27. The third-order valence-corrected chi connectivity index (χ3v) is 3.47. The molecule has 0 amide bonds. The molecule has 1 aromatic carbocycles. The van der Waals surface area contributed by atoms with Crippen LogP contribution in [0, 0.1) is 5.82 Å². The number of rotatable bonds is 4. The van der Waals surface area contributed by atoms with Crippen molar-refractivity contribution >= 4 is 10.1 Å². The van der Waals surface area contributed by atoms with E-state index in [-0.39, 0.29) is 6.54 Å². The fourth-order valence-electron chi connectivity index (χ4n) is 1.54. The quantitative estimate of drug-likeness (QED) is 0.494. The molecule has 0 saturated carbocycles. The number of benzene rings is 1. The smallest absolute Gasteiger partial charge is 0.374 e. The predicted octanol–water partition coefficient (Wildman–Crippen LogP) is 2.90. The minimum atomic E-state index is -5.68. The first-order valence-corrected chi connectivity index (χ1v) is 6.99. The van der Waals surface area contributed by atoms with Crippen molar-refractivity contribution in [1.29, 1.82) is 0 Å². The lowest BCUT2D eigenvalue weighted by molar-refractivity contribution is -0.0500. The van der Waals surface area contributed by atoms with Crippen LogP contribution in [0.4, 0.5) is 17.6 Å². The van der Waals surface area contributed by atoms with Gasteiger partial charge in [-0.2, -0.15) is 21.6 Å². The summed E-state index contributed by atoms with van der Waals surface area (Å²) in [6, 6.07) is 6.58. The lowest BCUT2D eigenvalue weighted by atomic mass is 10.2. The van der Waals surface area contributed by atoms with Crippen molar-refractivity contribution in [3.05, 3.63) is 54.1 Å². The maximum Gasteiger partial charge on any atom is 0.534 e. The molecule has 114 valence electrons. The van der Waals surface area contributed by atoms with E-state index in [1.807, 2.05) is 0 Å². The van der Waals surface area contributed by atoms with Crippen molar-refractivity contribution in [3.63, 3.8) is 0 Å². The summed E-state index contributed by atoms with van der Waals surface area (Å²) in [7, 11) is -5.68. The predicted molar refractivity (Wildman–Crippen MR) is 65.5 cm³/mol. The van der Waals surface area contributed by atoms with Crippen LogP contribution in [0.5, 0.6) is 5.75 Å². The van der Waals surface area contributed by atoms with E-state index in [0.29, 0.717) is 5.56 Å². The summed E-state index contributed by atoms with van der Waals surface area (Å²) < 4.78 is 76.2. The molecule has 0 aliphatic rings. The SMILES string of the molecule is O=S(=O)(Oc1ccn(Cc2ccc(F)cc2)c1)C(F)(F)F. The van der Waals surface area contributed by atoms with Gasteiger partial charge in [0.1, 0.15) is 5.82 Å². The van der Waals surface area contributed by atoms with Crippen LogP contribution in [0.15, 0.2) is 42.7 Å². The van der Waals surface area contributed by atoms with Gasteiger partial charge in [0.25, 0.3) is 0 Å². The van der Waals surface area contributed by atoms with Gasteiger partial charge in [-0.3, -0.25) is 0 Å². The fourth-order valence-corrected chi connectivity index (χ4v) is 1.99. The Hall–Kier alpha value is -2.03. The largest absolute Gasteiger partial charge is 0.534 e. The van der Waals surface area contributed by atoms with Gasteiger partial charge in [-0.1, -0.05) is 12.1 Å². The zero-order valence-electron chi connectivity index (χ0n) is 10.3. The molecule has 0 saturated heterocycles. The maximum atomic E-state index is 12.7. The Balaban J connectivity index is 2.10. The molecule has 1 aromatic heterocycles. The molecule has 0 spiro atoms. The normalized spacial score (nSPS) is 12.4. The standard InChI is InChI=1S/C12H9F4NO3S/c13-10-3-1-9(2-4-10)7-17-6-5-11(8-17)20-21(18,19)12(14,15)16/h1-6,8H,7H2. The first-order chi connectivity index (χ1) is 9.67. The molecule has 0 radical (unpaired) electrons. The molecule has 21 heavy (non-hydrogen) atoms. The Morgan fingerprint density at radius 1 is 1.10 bits per heavy atom. The van der Waals surface area contributed by atoms with Gasteiger partial charge in [-0.05, 0) is 23.8 Å². The van der Waals surface area contributed by atoms with Crippen LogP contribution in [0.1, 0.15) is 5.56 Å². The average Bonchev–Trinajstić information content (AvgIpc) is 2.77. The minimum Gasteiger partial charge on any atom is -0.374 e. The van der Waals surface area contributed by atoms with Crippen LogP contribution >= 0.6 is 0 Å². The summed E-state index contributed by atoms with van der Waals surface area (Å²) >= 11 is 0. The van der Waals surface area contributed by atoms with Gasteiger partial charge in [-0.15, -0.1) is 0 Å². The maximum absolute atomic E-state index is 12.7. The van der Waals surface area contributed by atoms with Crippen molar-refractivity contribution in [3.8, 4) is 5.75 Å². The highest BCUT2D eigenvalue weighted by Gasteiger charge is 2.48. The summed E-state index contributed by atoms with van der Waals surface area (Å²) in [6.07, 6.45) is 2.46. The summed E-state index contributed by atoms with van der Waals surface area (Å²) in [4.78, 5) is 0. The van der Waals surface area contributed by atoms with Crippen LogP contribution in [0.3, 0.4) is 0 Å². The summed E-state index contributed by atoms with van der Waals surface area (Å²) in [5.41, 5.74) is -4.79. The second-order valence-corrected chi connectivity index (χ2v) is 5.67. The molecule has 0 unspecified atom stereocenters. The highest BCUT2D eigenvalue weighted by molar-refractivity contribution is 7.87. The van der Waals surface area contributed by atoms with Crippen molar-refractivity contribution < 1.29 is 30.2 Å². The molecule has 0 N–H and O–H groups in total. The van der Waals surface area contributed by atoms with Crippen molar-refractivity contribution in [1.82, 2.24) is 4.57 Å². The van der Waals surface area contributed by atoms with Crippen LogP contribution in [-0.4, -0.2) is 18.5 Å². The van der Waals surface area contributed by atoms with E-state index >= 15 is 0 Å². The van der Waals surface area contributed by atoms with E-state index in [0.717, 1.165) is 12.3 Å². The van der Waals surface area contributed by atoms with Crippen LogP contribution in [-0.2, 0) is 16.7 Å². The lowest BCUT2D eigenvalue weighted by Gasteiger charge is -2.07. The Kier molecular flexibility index (Phi) is 3.95. The van der Waals surface area contributed by atoms with E-state index in [1.165, 1.54) is 35.0 Å². The van der Waals surface area contributed by atoms with Crippen molar-refractivity contribution in [2.24, 2.45) is 0 Å². The molecule has 9 heteroatoms. The van der Waals surface area contributed by atoms with Crippen molar-refractivity contribution in [2.45, 2.75) is 12.1 Å². The van der Waals surface area contributed by atoms with E-state index < -0.39 is 27.2 Å². The Bertz CT molecular complexity index is 720. The number of nitrogens with zero attached hydrogens (tertiary/aromatic N) is 1. The number of alkyl halides is 3. The molecule has 2 aromatic rings. The van der Waals surface area contributed by atoms with Gasteiger partial charge in [0, 0.05) is 18.9 Å². The molecule has 0 aliphatic carbocycles. The second kappa shape index (κ2) is 5.40. The van der Waals surface area contributed by atoms with Gasteiger partial charge < -0.3 is 8.75 Å². The number of hydrogen-bond acceptors (Lipinski definition) is 3. The molecular formula is C12H9F4NO3S. The molecule has 0 atom stereocenters. The highest BCUT2D eigenvalue weighted by atomic mass is 32.2. The van der Waals surface area contributed by atoms with Crippen LogP contribution < -0.4 is 4.18 Å². The number of halogens is 4. The van der Waals surface area contributed by atoms with Gasteiger partial charge in [0.05, 0.1) is 0 Å². The third kappa shape index (κ3) is 3.75. The van der Waals surface area contributed by atoms with E-state index in [4.69, 9.17) is 0 Å². The van der Waals surface area contributed by atoms with E-state index in [2.05, 4.69) is 4.18 Å². The van der Waals surface area contributed by atoms with Gasteiger partial charge in [-0.25, -0.2) is 4.39 Å². The average molecular weight is 323 g/mol. The molecule has 0 fully saturated rings. The van der Waals surface area contributed by atoms with Gasteiger partial charge in [0.2, 0.25) is 0 Å². The molecule has 2 rings (SSSR count). The molecular weight excluding hydrogens is 314 g/mol. The fraction of sp³-hybridized carbons (Fsp3) is 0.167. The van der Waals surface area contributed by atoms with Crippen LogP contribution in [0.2, 0.25) is 0 Å². The van der Waals surface area contributed by atoms with E-state index in [1.54, 1.807) is 0 Å². The lowest BCUT2D eigenvalue weighted by Crippen LogP contribution is -2.27. The van der Waals surface area contributed by atoms with Gasteiger partial charge in [0.15, 0.2) is 5.75 Å². The number of hydrogen-bond donors (Lipinski definition) is 0. The summed E-state index contributed by atoms with van der Waals surface area (Å²) in [5, 5.41) is 0. The number of aromatic nitrogens is 1. The third-order valence-electron chi connectivity index (χ3n) is 2.49. The minimum absolute atomic E-state index is 0.232. The summed E-state index contributed by atoms with van der Waals surface area (Å²) in [5.74, 6) is -0.860. The molecule has 1 heterocycles. The first-order valence-electron chi connectivity index (χ1n) is 5.58. The molecule has 4 nitrogen and oxygen atoms in total. The zero-order valence-corrected chi connectivity index (χ0v) is 11.2. The second-order valence-electron chi connectivity index (χ2n) is 4.13. The first kappa shape index (κ1) is 15.4. The summed E-state index contributed by atoms with van der Waals surface area (Å²) in [6.45, 7) is 0.232. The topological polar surface area (TPSA) is 48.3 Å². The molecule has 0 aliphatic heterocycles. The van der Waals surface area contributed by atoms with Crippen LogP contribution in [0.25, 0.3) is 0 Å². The molecule has 0 bridgehead atoms. The van der Waals surface area contributed by atoms with Gasteiger partial charge >= 0.3 is 15.6 Å². The Morgan fingerprint density at radius 2 is 1.71 bits per heavy atom. The Morgan fingerprint density at radius 3 is 2.29 bits per heavy atom. The van der Waals surface area contributed by atoms with E-state index in [9.17, 15) is 26.0 Å².